The third-order valence-electron chi connectivity index (χ3n) is 12.7. The van der Waals surface area contributed by atoms with Gasteiger partial charge in [-0.15, -0.1) is 10.2 Å². The first-order valence-electron chi connectivity index (χ1n) is 24.8. The number of carbonyl (C=O) groups excluding carboxylic acids is 1. The van der Waals surface area contributed by atoms with Gasteiger partial charge in [0.25, 0.3) is 14.1 Å². The lowest BCUT2D eigenvalue weighted by Gasteiger charge is -2.43. The summed E-state index contributed by atoms with van der Waals surface area (Å²) in [6.45, 7) is 10.0. The predicted molar refractivity (Wildman–Crippen MR) is 288 cm³/mol. The Morgan fingerprint density at radius 2 is 1.50 bits per heavy atom. The molecule has 19 nitrogen and oxygen atoms in total. The molecule has 3 N–H and O–H groups in total. The van der Waals surface area contributed by atoms with Crippen LogP contribution in [0.2, 0.25) is 0 Å². The van der Waals surface area contributed by atoms with Gasteiger partial charge < -0.3 is 43.0 Å². The molecule has 1 fully saturated rings. The fraction of sp³-hybridized carbons (Fsp3) is 0.304. The molecule has 392 valence electrons. The summed E-state index contributed by atoms with van der Waals surface area (Å²) in [6.07, 6.45) is -0.717. The number of benzene rings is 5. The van der Waals surface area contributed by atoms with E-state index in [4.69, 9.17) is 37.4 Å². The van der Waals surface area contributed by atoms with E-state index in [2.05, 4.69) is 69.2 Å². The summed E-state index contributed by atoms with van der Waals surface area (Å²) < 4.78 is 50.0. The third-order valence-corrected chi connectivity index (χ3v) is 14.9. The largest absolute Gasteiger partial charge is 0.497 e. The van der Waals surface area contributed by atoms with E-state index < -0.39 is 38.1 Å². The lowest BCUT2D eigenvalue weighted by Crippen LogP contribution is -2.49. The van der Waals surface area contributed by atoms with Crippen LogP contribution in [0.4, 0.5) is 17.3 Å². The predicted octanol–water partition coefficient (Wildman–Crippen LogP) is 10.7. The van der Waals surface area contributed by atoms with Crippen LogP contribution < -0.4 is 25.7 Å². The maximum atomic E-state index is 14.1. The van der Waals surface area contributed by atoms with Crippen molar-refractivity contribution < 1.29 is 37.2 Å². The maximum absolute atomic E-state index is 14.1. The first-order valence-corrected chi connectivity index (χ1v) is 25.9. The number of nitrogens with one attached hydrogen (secondary N) is 3. The van der Waals surface area contributed by atoms with Gasteiger partial charge in [0.2, 0.25) is 23.6 Å². The van der Waals surface area contributed by atoms with E-state index in [9.17, 15) is 14.9 Å². The van der Waals surface area contributed by atoms with Gasteiger partial charge in [-0.1, -0.05) is 72.8 Å². The van der Waals surface area contributed by atoms with Crippen LogP contribution in [0.5, 0.6) is 11.5 Å². The summed E-state index contributed by atoms with van der Waals surface area (Å²) in [7, 11) is 1.39. The minimum Gasteiger partial charge on any atom is -0.497 e. The van der Waals surface area contributed by atoms with Gasteiger partial charge in [-0.2, -0.15) is 10.2 Å². The van der Waals surface area contributed by atoms with E-state index >= 15 is 0 Å². The number of hydrogen-bond donors (Lipinski definition) is 3. The number of H-pyrrole nitrogens is 1. The van der Waals surface area contributed by atoms with Crippen LogP contribution in [0.15, 0.2) is 143 Å². The second-order valence-corrected chi connectivity index (χ2v) is 19.9. The van der Waals surface area contributed by atoms with E-state index in [-0.39, 0.29) is 67.0 Å². The van der Waals surface area contributed by atoms with E-state index in [1.54, 1.807) is 37.0 Å². The molecular weight excluding hydrogens is 988 g/mol. The Kier molecular flexibility index (Phi) is 16.6. The molecule has 1 aliphatic rings. The Labute approximate surface area is 441 Å². The molecule has 0 saturated carbocycles. The van der Waals surface area contributed by atoms with Gasteiger partial charge >= 0.3 is 0 Å². The number of imidazole rings is 1. The van der Waals surface area contributed by atoms with Crippen molar-refractivity contribution in [2.24, 2.45) is 0 Å². The van der Waals surface area contributed by atoms with Gasteiger partial charge in [-0.25, -0.2) is 9.65 Å². The number of rotatable bonds is 22. The number of hydrogen-bond acceptors (Lipinski definition) is 16. The number of nitrogens with zero attached hydrogens (tertiary/aromatic N) is 7. The molecule has 0 bridgehead atoms. The Bertz CT molecular complexity index is 3270. The third kappa shape index (κ3) is 11.5. The molecule has 1 aliphatic heterocycles. The Balaban J connectivity index is 1.17. The zero-order chi connectivity index (χ0) is 53.3. The maximum Gasteiger partial charge on any atom is 0.280 e. The highest BCUT2D eigenvalue weighted by Gasteiger charge is 2.55. The lowest BCUT2D eigenvalue weighted by atomic mass is 9.79. The average Bonchev–Trinajstić information content (AvgIpc) is 4.28. The van der Waals surface area contributed by atoms with E-state index in [0.29, 0.717) is 34.3 Å². The second-order valence-electron chi connectivity index (χ2n) is 18.5. The summed E-state index contributed by atoms with van der Waals surface area (Å²) in [4.78, 5) is 39.0. The fourth-order valence-electron chi connectivity index (χ4n) is 9.31. The first-order chi connectivity index (χ1) is 36.9. The van der Waals surface area contributed by atoms with Crippen LogP contribution in [0, 0.1) is 11.3 Å². The Hall–Kier alpha value is -7.82. The molecule has 5 aromatic carbocycles. The highest BCUT2D eigenvalue weighted by atomic mass is 31.2. The first kappa shape index (κ1) is 53.0. The van der Waals surface area contributed by atoms with Gasteiger partial charge in [-0.3, -0.25) is 19.1 Å². The van der Waals surface area contributed by atoms with Gasteiger partial charge in [-0.05, 0) is 99.0 Å². The number of nitriles is 1. The summed E-state index contributed by atoms with van der Waals surface area (Å²) in [6, 6.07) is 41.9. The van der Waals surface area contributed by atoms with Crippen LogP contribution in [0.1, 0.15) is 70.4 Å². The van der Waals surface area contributed by atoms with Gasteiger partial charge in [0.1, 0.15) is 29.4 Å². The Morgan fingerprint density at radius 3 is 2.11 bits per heavy atom. The van der Waals surface area contributed by atoms with E-state index in [1.165, 1.54) is 13.3 Å². The topological polar surface area (TPSA) is 226 Å². The summed E-state index contributed by atoms with van der Waals surface area (Å²) >= 11 is 0. The minimum absolute atomic E-state index is 0.0166. The van der Waals surface area contributed by atoms with Crippen molar-refractivity contribution in [1.82, 2.24) is 34.4 Å². The summed E-state index contributed by atoms with van der Waals surface area (Å²) in [5.41, 5.74) is 2.73. The van der Waals surface area contributed by atoms with Gasteiger partial charge in [0.15, 0.2) is 11.2 Å². The smallest absolute Gasteiger partial charge is 0.280 e. The number of ether oxygens (including phenoxy) is 4. The summed E-state index contributed by atoms with van der Waals surface area (Å²) in [5.74, 6) is 1.56. The highest BCUT2D eigenvalue weighted by Crippen LogP contribution is 2.54. The average molecular weight is 1050 g/mol. The molecule has 1 saturated heterocycles. The zero-order valence-electron chi connectivity index (χ0n) is 43.2. The van der Waals surface area contributed by atoms with Crippen molar-refractivity contribution in [3.05, 3.63) is 161 Å². The van der Waals surface area contributed by atoms with Crippen molar-refractivity contribution in [3.63, 3.8) is 0 Å². The molecule has 1 amide bonds. The quantitative estimate of drug-likeness (QED) is 0.0424. The van der Waals surface area contributed by atoms with Crippen molar-refractivity contribution in [3.8, 4) is 40.5 Å². The van der Waals surface area contributed by atoms with Crippen LogP contribution in [-0.2, 0) is 35.5 Å². The van der Waals surface area contributed by atoms with Crippen LogP contribution in [-0.4, -0.2) is 85.4 Å². The minimum atomic E-state index is -1.84. The Morgan fingerprint density at radius 1 is 0.868 bits per heavy atom. The number of anilines is 3. The molecule has 3 aromatic heterocycles. The number of carbonyl (C=O) groups is 1. The molecule has 0 aliphatic carbocycles. The van der Waals surface area contributed by atoms with Crippen LogP contribution in [0.25, 0.3) is 34.1 Å². The van der Waals surface area contributed by atoms with Crippen LogP contribution >= 0.6 is 8.53 Å². The zero-order valence-corrected chi connectivity index (χ0v) is 44.1. The standard InChI is InChI=1S/C56H59N10O9P/c1-35(2)66(36(3)4)76(72-30-14-29-57)75-47-32-48(73-50(47)56(41-20-24-43(69-6)25-21-41,42-22-26-44(70-7)27-23-42)71-33-38-15-10-8-11-16-38)65-34-58-49-51(65)61-55(62-52(49)68)60-46-31-40(19-28-45(46)59-37(5)67)54-64-63-53(74-54)39-17-12-9-13-18-39/h8-13,15-28,31,34-36,47-48,50H,14,30,32-33H2,1-7H3,(H,59,67)(H2,60,61,62,68). The molecule has 4 heterocycles. The molecule has 9 rings (SSSR count). The van der Waals surface area contributed by atoms with Gasteiger partial charge in [0.05, 0.1) is 63.7 Å². The van der Waals surface area contributed by atoms with Crippen molar-refractivity contribution in [1.29, 1.82) is 5.26 Å². The molecular formula is C56H59N10O9P. The molecule has 8 aromatic rings. The fourth-order valence-corrected chi connectivity index (χ4v) is 11.0. The van der Waals surface area contributed by atoms with Crippen molar-refractivity contribution >= 4 is 42.9 Å². The molecule has 0 radical (unpaired) electrons. The number of methoxy groups -OCH3 is 2. The van der Waals surface area contributed by atoms with E-state index in [0.717, 1.165) is 22.3 Å². The summed E-state index contributed by atoms with van der Waals surface area (Å²) in [5, 5.41) is 24.3. The highest BCUT2D eigenvalue weighted by molar-refractivity contribution is 7.44. The van der Waals surface area contributed by atoms with Crippen molar-refractivity contribution in [2.75, 3.05) is 31.5 Å². The molecule has 4 unspecified atom stereocenters. The lowest BCUT2D eigenvalue weighted by molar-refractivity contribution is -0.158. The SMILES string of the molecule is COc1ccc(C(OCc2ccccc2)(c2ccc(OC)cc2)C2OC(n3cnc4c(=O)[nH]c(Nc5cc(-c6nnc(-c7ccccc7)o6)ccc5NC(C)=O)nc43)CC2OP(OCCC#N)N(C(C)C)C(C)C)cc1. The second kappa shape index (κ2) is 23.8. The molecule has 4 atom stereocenters. The number of aromatic nitrogens is 6. The normalized spacial score (nSPS) is 16.0. The molecule has 20 heteroatoms. The van der Waals surface area contributed by atoms with E-state index in [1.807, 2.05) is 109 Å². The molecule has 0 spiro atoms. The number of amides is 1. The van der Waals surface area contributed by atoms with Crippen LogP contribution in [0.3, 0.4) is 0 Å². The molecule has 76 heavy (non-hydrogen) atoms. The van der Waals surface area contributed by atoms with Gasteiger partial charge in [0, 0.05) is 36.6 Å². The van der Waals surface area contributed by atoms with Crippen molar-refractivity contribution in [2.45, 2.75) is 90.2 Å². The monoisotopic (exact) mass is 1050 g/mol. The number of aromatic amines is 1. The number of fused-ring (bicyclic) bond motifs is 1.